The third-order valence-corrected chi connectivity index (χ3v) is 5.07. The molecule has 0 spiro atoms. The van der Waals surface area contributed by atoms with Gasteiger partial charge in [0, 0.05) is 17.2 Å². The van der Waals surface area contributed by atoms with Crippen LogP contribution in [0, 0.1) is 10.1 Å². The van der Waals surface area contributed by atoms with E-state index < -0.39 is 10.8 Å². The first-order valence-electron chi connectivity index (χ1n) is 8.49. The number of allylic oxidation sites excluding steroid dienone is 2. The molecule has 0 unspecified atom stereocenters. The summed E-state index contributed by atoms with van der Waals surface area (Å²) in [6, 6.07) is 12.9. The molecule has 1 fully saturated rings. The molecule has 1 heterocycles. The maximum Gasteiger partial charge on any atom is 0.293 e. The van der Waals surface area contributed by atoms with Crippen LogP contribution in [0.4, 0.5) is 10.5 Å². The zero-order valence-electron chi connectivity index (χ0n) is 15.0. The number of ether oxygens (including phenoxy) is 1. The van der Waals surface area contributed by atoms with Crippen LogP contribution in [0.1, 0.15) is 5.56 Å². The van der Waals surface area contributed by atoms with Crippen LogP contribution in [0.3, 0.4) is 0 Å². The second-order valence-electron chi connectivity index (χ2n) is 5.87. The average Bonchev–Trinajstić information content (AvgIpc) is 2.97. The van der Waals surface area contributed by atoms with Crippen molar-refractivity contribution in [3.8, 4) is 5.75 Å². The molecule has 9 heteroatoms. The fourth-order valence-corrected chi connectivity index (χ4v) is 3.42. The number of nitro groups is 1. The van der Waals surface area contributed by atoms with E-state index in [2.05, 4.69) is 0 Å². The lowest BCUT2D eigenvalue weighted by Gasteiger charge is -2.13. The first-order chi connectivity index (χ1) is 13.9. The van der Waals surface area contributed by atoms with Crippen molar-refractivity contribution in [1.29, 1.82) is 0 Å². The number of rotatable bonds is 7. The molecule has 3 rings (SSSR count). The molecule has 2 amide bonds. The number of hydrogen-bond acceptors (Lipinski definition) is 6. The van der Waals surface area contributed by atoms with E-state index in [0.717, 1.165) is 16.7 Å². The number of hydrogen-bond donors (Lipinski definition) is 0. The summed E-state index contributed by atoms with van der Waals surface area (Å²) in [7, 11) is 0. The van der Waals surface area contributed by atoms with Gasteiger partial charge >= 0.3 is 0 Å². The fraction of sp³-hybridized carbons (Fsp3) is 0.100. The van der Waals surface area contributed by atoms with Gasteiger partial charge in [0.15, 0.2) is 0 Å². The monoisotopic (exact) mass is 430 g/mol. The van der Waals surface area contributed by atoms with E-state index in [1.54, 1.807) is 48.6 Å². The molecule has 1 aliphatic rings. The van der Waals surface area contributed by atoms with Gasteiger partial charge in [-0.2, -0.15) is 0 Å². The third-order valence-electron chi connectivity index (χ3n) is 3.89. The van der Waals surface area contributed by atoms with E-state index in [-0.39, 0.29) is 29.0 Å². The molecular weight excluding hydrogens is 416 g/mol. The summed E-state index contributed by atoms with van der Waals surface area (Å²) in [5.74, 6) is 0.195. The standard InChI is InChI=1S/C20H15ClN2O5S/c21-15-7-9-17(10-8-15)28-12-11-22-19(24)18(29-20(22)25)6-2-4-14-3-1-5-16(13-14)23(26)27/h1-10,13H,11-12H2/b4-2+,18-6-. The summed E-state index contributed by atoms with van der Waals surface area (Å²) in [4.78, 5) is 36.2. The summed E-state index contributed by atoms with van der Waals surface area (Å²) in [5.41, 5.74) is 0.596. The van der Waals surface area contributed by atoms with Crippen LogP contribution in [-0.4, -0.2) is 34.1 Å². The summed E-state index contributed by atoms with van der Waals surface area (Å²) < 4.78 is 5.52. The topological polar surface area (TPSA) is 89.8 Å². The largest absolute Gasteiger partial charge is 0.492 e. The molecule has 0 radical (unpaired) electrons. The Morgan fingerprint density at radius 1 is 1.17 bits per heavy atom. The van der Waals surface area contributed by atoms with Crippen molar-refractivity contribution in [3.63, 3.8) is 0 Å². The minimum atomic E-state index is -0.477. The van der Waals surface area contributed by atoms with Crippen LogP contribution >= 0.6 is 23.4 Å². The van der Waals surface area contributed by atoms with Crippen molar-refractivity contribution in [2.24, 2.45) is 0 Å². The van der Waals surface area contributed by atoms with Crippen molar-refractivity contribution in [2.45, 2.75) is 0 Å². The SMILES string of the molecule is O=C1S/C(=C\C=C\c2cccc([N+](=O)[O-])c2)C(=O)N1CCOc1ccc(Cl)cc1. The number of benzene rings is 2. The van der Waals surface area contributed by atoms with Gasteiger partial charge in [-0.3, -0.25) is 24.6 Å². The fourth-order valence-electron chi connectivity index (χ4n) is 2.48. The van der Waals surface area contributed by atoms with Gasteiger partial charge in [0.1, 0.15) is 12.4 Å². The number of halogens is 1. The lowest BCUT2D eigenvalue weighted by molar-refractivity contribution is -0.384. The smallest absolute Gasteiger partial charge is 0.293 e. The van der Waals surface area contributed by atoms with E-state index in [0.29, 0.717) is 16.3 Å². The first kappa shape index (κ1) is 20.6. The van der Waals surface area contributed by atoms with Crippen LogP contribution < -0.4 is 4.74 Å². The van der Waals surface area contributed by atoms with E-state index in [1.807, 2.05) is 0 Å². The van der Waals surface area contributed by atoms with Gasteiger partial charge in [0.25, 0.3) is 16.8 Å². The van der Waals surface area contributed by atoms with Gasteiger partial charge < -0.3 is 4.74 Å². The molecule has 1 aliphatic heterocycles. The van der Waals surface area contributed by atoms with Gasteiger partial charge in [-0.15, -0.1) is 0 Å². The van der Waals surface area contributed by atoms with Crippen LogP contribution in [0.2, 0.25) is 5.02 Å². The molecule has 148 valence electrons. The van der Waals surface area contributed by atoms with Gasteiger partial charge in [-0.25, -0.2) is 0 Å². The highest BCUT2D eigenvalue weighted by atomic mass is 35.5. The highest BCUT2D eigenvalue weighted by Gasteiger charge is 2.34. The summed E-state index contributed by atoms with van der Waals surface area (Å²) in [6.07, 6.45) is 4.73. The molecule has 0 saturated carbocycles. The number of thioether (sulfide) groups is 1. The van der Waals surface area contributed by atoms with Crippen molar-refractivity contribution in [3.05, 3.63) is 86.3 Å². The van der Waals surface area contributed by atoms with Gasteiger partial charge in [-0.05, 0) is 47.7 Å². The number of carbonyl (C=O) groups is 2. The molecule has 29 heavy (non-hydrogen) atoms. The number of nitro benzene ring substituents is 1. The molecule has 0 N–H and O–H groups in total. The number of non-ortho nitro benzene ring substituents is 1. The maximum atomic E-state index is 12.4. The second kappa shape index (κ2) is 9.40. The zero-order chi connectivity index (χ0) is 20.8. The van der Waals surface area contributed by atoms with Crippen LogP contribution in [-0.2, 0) is 4.79 Å². The average molecular weight is 431 g/mol. The Bertz CT molecular complexity index is 1000. The normalized spacial score (nSPS) is 15.5. The van der Waals surface area contributed by atoms with Crippen molar-refractivity contribution < 1.29 is 19.2 Å². The van der Waals surface area contributed by atoms with E-state index in [9.17, 15) is 19.7 Å². The number of carbonyl (C=O) groups excluding carboxylic acids is 2. The highest BCUT2D eigenvalue weighted by molar-refractivity contribution is 8.18. The second-order valence-corrected chi connectivity index (χ2v) is 7.30. The van der Waals surface area contributed by atoms with Crippen molar-refractivity contribution in [2.75, 3.05) is 13.2 Å². The number of imide groups is 1. The lowest BCUT2D eigenvalue weighted by atomic mass is 10.2. The van der Waals surface area contributed by atoms with E-state index >= 15 is 0 Å². The Kier molecular flexibility index (Phi) is 6.69. The van der Waals surface area contributed by atoms with Crippen molar-refractivity contribution >= 4 is 46.3 Å². The predicted molar refractivity (Wildman–Crippen MR) is 112 cm³/mol. The minimum absolute atomic E-state index is 0.0202. The van der Waals surface area contributed by atoms with E-state index in [4.69, 9.17) is 16.3 Å². The Labute approximate surface area is 175 Å². The molecule has 0 atom stereocenters. The molecule has 7 nitrogen and oxygen atoms in total. The Morgan fingerprint density at radius 3 is 2.66 bits per heavy atom. The third kappa shape index (κ3) is 5.46. The number of amides is 2. The molecule has 0 aromatic heterocycles. The summed E-state index contributed by atoms with van der Waals surface area (Å²) >= 11 is 6.65. The van der Waals surface area contributed by atoms with Crippen LogP contribution in [0.5, 0.6) is 5.75 Å². The van der Waals surface area contributed by atoms with Crippen molar-refractivity contribution in [1.82, 2.24) is 4.90 Å². The summed E-state index contributed by atoms with van der Waals surface area (Å²) in [6.45, 7) is 0.287. The van der Waals surface area contributed by atoms with Gasteiger partial charge in [-0.1, -0.05) is 35.9 Å². The maximum absolute atomic E-state index is 12.4. The summed E-state index contributed by atoms with van der Waals surface area (Å²) in [5, 5.41) is 11.0. The Morgan fingerprint density at radius 2 is 1.93 bits per heavy atom. The quantitative estimate of drug-likeness (QED) is 0.352. The molecule has 2 aromatic rings. The predicted octanol–water partition coefficient (Wildman–Crippen LogP) is 4.92. The molecule has 0 bridgehead atoms. The van der Waals surface area contributed by atoms with E-state index in [1.165, 1.54) is 18.2 Å². The Balaban J connectivity index is 1.58. The molecule has 0 aliphatic carbocycles. The lowest BCUT2D eigenvalue weighted by Crippen LogP contribution is -2.32. The molecule has 1 saturated heterocycles. The van der Waals surface area contributed by atoms with Gasteiger partial charge in [0.05, 0.1) is 16.4 Å². The van der Waals surface area contributed by atoms with Crippen LogP contribution in [0.15, 0.2) is 65.6 Å². The van der Waals surface area contributed by atoms with Crippen LogP contribution in [0.25, 0.3) is 6.08 Å². The minimum Gasteiger partial charge on any atom is -0.492 e. The molecular formula is C20H15ClN2O5S. The Hall–Kier alpha value is -3.10. The molecule has 2 aromatic carbocycles. The van der Waals surface area contributed by atoms with Gasteiger partial charge in [0.2, 0.25) is 0 Å². The zero-order valence-corrected chi connectivity index (χ0v) is 16.6. The number of nitrogens with zero attached hydrogens (tertiary/aromatic N) is 2. The first-order valence-corrected chi connectivity index (χ1v) is 9.68. The highest BCUT2D eigenvalue weighted by Crippen LogP contribution is 2.30.